The van der Waals surface area contributed by atoms with Crippen molar-refractivity contribution in [3.8, 4) is 11.1 Å². The van der Waals surface area contributed by atoms with Crippen LogP contribution in [0.3, 0.4) is 0 Å². The minimum atomic E-state index is -1.26. The molecule has 2 unspecified atom stereocenters. The maximum Gasteiger partial charge on any atom is 0.410 e. The normalized spacial score (nSPS) is 21.3. The van der Waals surface area contributed by atoms with Crippen LogP contribution in [0.1, 0.15) is 23.5 Å². The largest absolute Gasteiger partial charge is 0.448 e. The highest BCUT2D eigenvalue weighted by Crippen LogP contribution is 2.44. The van der Waals surface area contributed by atoms with Crippen LogP contribution in [0.25, 0.3) is 11.1 Å². The SMILES string of the molecule is NC(=O)C1CC(F)CN1C(=O)OCC1c2ccccc2-c2ccccc21. The Labute approximate surface area is 150 Å². The number of rotatable bonds is 3. The third-order valence-corrected chi connectivity index (χ3v) is 5.15. The molecule has 2 amide bonds. The summed E-state index contributed by atoms with van der Waals surface area (Å²) in [4.78, 5) is 25.0. The Bertz CT molecular complexity index is 824. The molecule has 2 N–H and O–H groups in total. The predicted octanol–water partition coefficient (Wildman–Crippen LogP) is 2.83. The van der Waals surface area contributed by atoms with Gasteiger partial charge in [0.1, 0.15) is 18.8 Å². The molecule has 2 aliphatic rings. The van der Waals surface area contributed by atoms with Gasteiger partial charge in [0.25, 0.3) is 0 Å². The van der Waals surface area contributed by atoms with Crippen molar-refractivity contribution in [3.05, 3.63) is 59.7 Å². The molecule has 1 heterocycles. The number of fused-ring (bicyclic) bond motifs is 3. The smallest absolute Gasteiger partial charge is 0.410 e. The molecule has 1 fully saturated rings. The number of hydrogen-bond donors (Lipinski definition) is 1. The van der Waals surface area contributed by atoms with Crippen LogP contribution < -0.4 is 5.73 Å². The Morgan fingerprint density at radius 2 is 1.65 bits per heavy atom. The average molecular weight is 354 g/mol. The monoisotopic (exact) mass is 354 g/mol. The Kier molecular flexibility index (Phi) is 4.11. The zero-order valence-corrected chi connectivity index (χ0v) is 14.1. The molecule has 134 valence electrons. The van der Waals surface area contributed by atoms with Gasteiger partial charge in [0, 0.05) is 12.3 Å². The van der Waals surface area contributed by atoms with E-state index in [-0.39, 0.29) is 25.5 Å². The number of carbonyl (C=O) groups is 2. The number of carbonyl (C=O) groups excluding carboxylic acids is 2. The van der Waals surface area contributed by atoms with Crippen LogP contribution in [0.5, 0.6) is 0 Å². The quantitative estimate of drug-likeness (QED) is 0.921. The van der Waals surface area contributed by atoms with E-state index in [1.54, 1.807) is 0 Å². The van der Waals surface area contributed by atoms with Crippen LogP contribution in [0, 0.1) is 0 Å². The lowest BCUT2D eigenvalue weighted by Crippen LogP contribution is -2.44. The maximum atomic E-state index is 13.6. The fourth-order valence-corrected chi connectivity index (χ4v) is 3.93. The van der Waals surface area contributed by atoms with E-state index in [2.05, 4.69) is 0 Å². The minimum absolute atomic E-state index is 0.0699. The topological polar surface area (TPSA) is 72.6 Å². The van der Waals surface area contributed by atoms with Gasteiger partial charge in [0.05, 0.1) is 6.54 Å². The zero-order valence-electron chi connectivity index (χ0n) is 14.1. The van der Waals surface area contributed by atoms with Crippen molar-refractivity contribution in [1.29, 1.82) is 0 Å². The number of alkyl halides is 1. The second-order valence-corrected chi connectivity index (χ2v) is 6.71. The van der Waals surface area contributed by atoms with E-state index >= 15 is 0 Å². The van der Waals surface area contributed by atoms with Crippen LogP contribution in [-0.4, -0.2) is 42.3 Å². The summed E-state index contributed by atoms with van der Waals surface area (Å²) in [7, 11) is 0. The molecule has 0 aromatic heterocycles. The van der Waals surface area contributed by atoms with Gasteiger partial charge in [-0.25, -0.2) is 9.18 Å². The Balaban J connectivity index is 1.53. The van der Waals surface area contributed by atoms with Gasteiger partial charge >= 0.3 is 6.09 Å². The first-order valence-corrected chi connectivity index (χ1v) is 8.61. The highest BCUT2D eigenvalue weighted by atomic mass is 19.1. The van der Waals surface area contributed by atoms with Gasteiger partial charge in [-0.1, -0.05) is 48.5 Å². The van der Waals surface area contributed by atoms with Gasteiger partial charge in [-0.15, -0.1) is 0 Å². The summed E-state index contributed by atoms with van der Waals surface area (Å²) in [5, 5.41) is 0. The standard InChI is InChI=1S/C20H19FN2O3/c21-12-9-18(19(22)24)23(10-12)20(25)26-11-17-15-7-3-1-5-13(15)14-6-2-4-8-16(14)17/h1-8,12,17-18H,9-11H2,(H2,22,24). The molecule has 0 spiro atoms. The molecule has 4 rings (SSSR count). The molecular formula is C20H19FN2O3. The summed E-state index contributed by atoms with van der Waals surface area (Å²) < 4.78 is 19.1. The van der Waals surface area contributed by atoms with Crippen molar-refractivity contribution in [2.75, 3.05) is 13.2 Å². The molecule has 26 heavy (non-hydrogen) atoms. The fourth-order valence-electron chi connectivity index (χ4n) is 3.93. The number of halogens is 1. The summed E-state index contributed by atoms with van der Waals surface area (Å²) in [5.41, 5.74) is 9.73. The highest BCUT2D eigenvalue weighted by molar-refractivity contribution is 5.85. The summed E-state index contributed by atoms with van der Waals surface area (Å²) in [6.45, 7) is -0.0317. The van der Waals surface area contributed by atoms with Crippen LogP contribution >= 0.6 is 0 Å². The third-order valence-electron chi connectivity index (χ3n) is 5.15. The van der Waals surface area contributed by atoms with E-state index in [9.17, 15) is 14.0 Å². The van der Waals surface area contributed by atoms with E-state index in [1.165, 1.54) is 0 Å². The molecule has 6 heteroatoms. The molecule has 2 aromatic rings. The Hall–Kier alpha value is -2.89. The van der Waals surface area contributed by atoms with Gasteiger partial charge in [0.2, 0.25) is 5.91 Å². The van der Waals surface area contributed by atoms with Crippen LogP contribution in [0.2, 0.25) is 0 Å². The molecule has 1 aliphatic heterocycles. The first-order chi connectivity index (χ1) is 12.6. The number of nitrogens with zero attached hydrogens (tertiary/aromatic N) is 1. The molecule has 0 radical (unpaired) electrons. The zero-order chi connectivity index (χ0) is 18.3. The molecule has 2 atom stereocenters. The molecule has 1 saturated heterocycles. The summed E-state index contributed by atoms with van der Waals surface area (Å²) in [6.07, 6.45) is -2.02. The summed E-state index contributed by atoms with van der Waals surface area (Å²) in [6, 6.07) is 15.1. The van der Waals surface area contributed by atoms with Gasteiger partial charge < -0.3 is 10.5 Å². The summed E-state index contributed by atoms with van der Waals surface area (Å²) >= 11 is 0. The van der Waals surface area contributed by atoms with Gasteiger partial charge in [-0.3, -0.25) is 9.69 Å². The number of benzene rings is 2. The molecule has 0 saturated carbocycles. The van der Waals surface area contributed by atoms with E-state index in [4.69, 9.17) is 10.5 Å². The fraction of sp³-hybridized carbons (Fsp3) is 0.300. The predicted molar refractivity (Wildman–Crippen MR) is 94.3 cm³/mol. The van der Waals surface area contributed by atoms with Crippen LogP contribution in [0.4, 0.5) is 9.18 Å². The second kappa shape index (κ2) is 6.44. The lowest BCUT2D eigenvalue weighted by atomic mass is 9.98. The molecule has 5 nitrogen and oxygen atoms in total. The van der Waals surface area contributed by atoms with E-state index in [1.807, 2.05) is 48.5 Å². The van der Waals surface area contributed by atoms with Crippen LogP contribution in [0.15, 0.2) is 48.5 Å². The molecule has 2 aromatic carbocycles. The van der Waals surface area contributed by atoms with Crippen molar-refractivity contribution >= 4 is 12.0 Å². The van der Waals surface area contributed by atoms with Gasteiger partial charge in [-0.05, 0) is 22.3 Å². The molecule has 1 aliphatic carbocycles. The first-order valence-electron chi connectivity index (χ1n) is 8.61. The van der Waals surface area contributed by atoms with Crippen molar-refractivity contribution < 1.29 is 18.7 Å². The first kappa shape index (κ1) is 16.6. The number of hydrogen-bond acceptors (Lipinski definition) is 3. The third kappa shape index (κ3) is 2.71. The van der Waals surface area contributed by atoms with Gasteiger partial charge in [-0.2, -0.15) is 0 Å². The number of nitrogens with two attached hydrogens (primary N) is 1. The number of amides is 2. The lowest BCUT2D eigenvalue weighted by molar-refractivity contribution is -0.121. The average Bonchev–Trinajstić information content (AvgIpc) is 3.18. The summed E-state index contributed by atoms with van der Waals surface area (Å²) in [5.74, 6) is -0.791. The highest BCUT2D eigenvalue weighted by Gasteiger charge is 2.40. The maximum absolute atomic E-state index is 13.6. The Morgan fingerprint density at radius 3 is 2.23 bits per heavy atom. The number of likely N-dealkylation sites (tertiary alicyclic amines) is 1. The number of primary amides is 1. The van der Waals surface area contributed by atoms with Crippen molar-refractivity contribution in [3.63, 3.8) is 0 Å². The van der Waals surface area contributed by atoms with Crippen molar-refractivity contribution in [2.45, 2.75) is 24.6 Å². The van der Waals surface area contributed by atoms with E-state index in [0.29, 0.717) is 0 Å². The van der Waals surface area contributed by atoms with Crippen LogP contribution in [-0.2, 0) is 9.53 Å². The minimum Gasteiger partial charge on any atom is -0.448 e. The van der Waals surface area contributed by atoms with Crippen molar-refractivity contribution in [1.82, 2.24) is 4.90 Å². The van der Waals surface area contributed by atoms with E-state index < -0.39 is 24.2 Å². The van der Waals surface area contributed by atoms with E-state index in [0.717, 1.165) is 27.2 Å². The lowest BCUT2D eigenvalue weighted by Gasteiger charge is -2.22. The van der Waals surface area contributed by atoms with Gasteiger partial charge in [0.15, 0.2) is 0 Å². The molecule has 0 bridgehead atoms. The molecular weight excluding hydrogens is 335 g/mol. The van der Waals surface area contributed by atoms with Crippen molar-refractivity contribution in [2.24, 2.45) is 5.73 Å². The Morgan fingerprint density at radius 1 is 1.08 bits per heavy atom. The number of ether oxygens (including phenoxy) is 1. The second-order valence-electron chi connectivity index (χ2n) is 6.71.